The Morgan fingerprint density at radius 3 is 2.47 bits per heavy atom. The quantitative estimate of drug-likeness (QED) is 0.798. The molecular weight excluding hydrogens is 230 g/mol. The third kappa shape index (κ3) is 3.82. The zero-order valence-electron chi connectivity index (χ0n) is 12.9. The highest BCUT2D eigenvalue weighted by molar-refractivity contribution is 5.30. The Morgan fingerprint density at radius 1 is 1.11 bits per heavy atom. The van der Waals surface area contributed by atoms with Crippen LogP contribution in [0.25, 0.3) is 0 Å². The first-order valence-electron chi connectivity index (χ1n) is 7.86. The fraction of sp³-hybridized carbons (Fsp3) is 0.667. The van der Waals surface area contributed by atoms with E-state index in [0.717, 1.165) is 0 Å². The molecule has 19 heavy (non-hydrogen) atoms. The van der Waals surface area contributed by atoms with Gasteiger partial charge in [0.1, 0.15) is 0 Å². The maximum Gasteiger partial charge on any atom is -0.00466 e. The van der Waals surface area contributed by atoms with Gasteiger partial charge in [-0.2, -0.15) is 0 Å². The lowest BCUT2D eigenvalue weighted by Gasteiger charge is -2.29. The zero-order chi connectivity index (χ0) is 13.7. The lowest BCUT2D eigenvalue weighted by Crippen LogP contribution is -2.23. The summed E-state index contributed by atoms with van der Waals surface area (Å²) in [5.74, 6) is 0. The van der Waals surface area contributed by atoms with Crippen LogP contribution >= 0.6 is 0 Å². The first-order chi connectivity index (χ1) is 9.15. The molecule has 1 N–H and O–H groups in total. The third-order valence-electron chi connectivity index (χ3n) is 4.99. The van der Waals surface area contributed by atoms with Gasteiger partial charge in [-0.15, -0.1) is 0 Å². The predicted octanol–water partition coefficient (Wildman–Crippen LogP) is 4.41. The standard InChI is InChI=1S/C18H29N/c1-15-6-7-17(16(2)14-15)8-11-18(12-13-19-3)9-4-5-10-18/h6-7,14,19H,4-5,8-13H2,1-3H3. The summed E-state index contributed by atoms with van der Waals surface area (Å²) in [5, 5.41) is 3.34. The van der Waals surface area contributed by atoms with Gasteiger partial charge in [-0.1, -0.05) is 36.6 Å². The molecule has 1 aliphatic rings. The van der Waals surface area contributed by atoms with Gasteiger partial charge in [0.2, 0.25) is 0 Å². The Kier molecular flexibility index (Phi) is 5.04. The van der Waals surface area contributed by atoms with Crippen LogP contribution in [0, 0.1) is 19.3 Å². The third-order valence-corrected chi connectivity index (χ3v) is 4.99. The van der Waals surface area contributed by atoms with Crippen LogP contribution in [0.1, 0.15) is 55.2 Å². The molecule has 0 atom stereocenters. The van der Waals surface area contributed by atoms with E-state index < -0.39 is 0 Å². The fourth-order valence-corrected chi connectivity index (χ4v) is 3.67. The molecule has 106 valence electrons. The van der Waals surface area contributed by atoms with Crippen molar-refractivity contribution in [2.45, 2.75) is 58.8 Å². The van der Waals surface area contributed by atoms with E-state index in [-0.39, 0.29) is 0 Å². The van der Waals surface area contributed by atoms with Crippen molar-refractivity contribution < 1.29 is 0 Å². The SMILES string of the molecule is CNCCC1(CCc2ccc(C)cc2C)CCCC1. The molecular formula is C18H29N. The minimum absolute atomic E-state index is 0.625. The molecule has 0 bridgehead atoms. The molecule has 1 fully saturated rings. The maximum atomic E-state index is 3.34. The Balaban J connectivity index is 1.98. The van der Waals surface area contributed by atoms with E-state index in [9.17, 15) is 0 Å². The molecule has 0 heterocycles. The summed E-state index contributed by atoms with van der Waals surface area (Å²) in [6, 6.07) is 6.92. The van der Waals surface area contributed by atoms with E-state index in [1.165, 1.54) is 62.6 Å². The Labute approximate surface area is 118 Å². The molecule has 1 saturated carbocycles. The number of hydrogen-bond acceptors (Lipinski definition) is 1. The monoisotopic (exact) mass is 259 g/mol. The highest BCUT2D eigenvalue weighted by atomic mass is 14.8. The number of hydrogen-bond donors (Lipinski definition) is 1. The molecule has 1 aromatic carbocycles. The highest BCUT2D eigenvalue weighted by Gasteiger charge is 2.32. The summed E-state index contributed by atoms with van der Waals surface area (Å²) < 4.78 is 0. The van der Waals surface area contributed by atoms with Crippen molar-refractivity contribution in [1.82, 2.24) is 5.32 Å². The van der Waals surface area contributed by atoms with Crippen molar-refractivity contribution in [2.75, 3.05) is 13.6 Å². The van der Waals surface area contributed by atoms with Gasteiger partial charge in [-0.3, -0.25) is 0 Å². The maximum absolute atomic E-state index is 3.34. The largest absolute Gasteiger partial charge is 0.320 e. The molecule has 0 aliphatic heterocycles. The summed E-state index contributed by atoms with van der Waals surface area (Å²) in [6.07, 6.45) is 9.76. The second-order valence-electron chi connectivity index (χ2n) is 6.49. The van der Waals surface area contributed by atoms with Crippen LogP contribution in [0.3, 0.4) is 0 Å². The van der Waals surface area contributed by atoms with Crippen LogP contribution < -0.4 is 5.32 Å². The van der Waals surface area contributed by atoms with Crippen molar-refractivity contribution in [3.8, 4) is 0 Å². The average molecular weight is 259 g/mol. The van der Waals surface area contributed by atoms with E-state index in [2.05, 4.69) is 44.4 Å². The molecule has 0 unspecified atom stereocenters. The second kappa shape index (κ2) is 6.56. The van der Waals surface area contributed by atoms with Gasteiger partial charge in [0.25, 0.3) is 0 Å². The van der Waals surface area contributed by atoms with E-state index in [0.29, 0.717) is 5.41 Å². The summed E-state index contributed by atoms with van der Waals surface area (Å²) in [5.41, 5.74) is 5.04. The first-order valence-corrected chi connectivity index (χ1v) is 7.86. The van der Waals surface area contributed by atoms with E-state index in [1.54, 1.807) is 5.56 Å². The molecule has 0 spiro atoms. The number of benzene rings is 1. The van der Waals surface area contributed by atoms with Crippen LogP contribution in [0.4, 0.5) is 0 Å². The van der Waals surface area contributed by atoms with Crippen molar-refractivity contribution >= 4 is 0 Å². The molecule has 0 amide bonds. The van der Waals surface area contributed by atoms with Crippen molar-refractivity contribution in [1.29, 1.82) is 0 Å². The minimum atomic E-state index is 0.625. The molecule has 1 heteroatoms. The van der Waals surface area contributed by atoms with E-state index in [1.807, 2.05) is 0 Å². The van der Waals surface area contributed by atoms with Crippen LogP contribution in [-0.2, 0) is 6.42 Å². The fourth-order valence-electron chi connectivity index (χ4n) is 3.67. The minimum Gasteiger partial charge on any atom is -0.320 e. The summed E-state index contributed by atoms with van der Waals surface area (Å²) in [7, 11) is 2.08. The molecule has 1 aromatic rings. The molecule has 2 rings (SSSR count). The Hall–Kier alpha value is -0.820. The molecule has 0 aromatic heterocycles. The van der Waals surface area contributed by atoms with Crippen molar-refractivity contribution in [2.24, 2.45) is 5.41 Å². The summed E-state index contributed by atoms with van der Waals surface area (Å²) in [4.78, 5) is 0. The number of nitrogens with one attached hydrogen (secondary N) is 1. The normalized spacial score (nSPS) is 17.8. The van der Waals surface area contributed by atoms with Crippen LogP contribution in [0.2, 0.25) is 0 Å². The zero-order valence-corrected chi connectivity index (χ0v) is 12.9. The lowest BCUT2D eigenvalue weighted by molar-refractivity contribution is 0.247. The predicted molar refractivity (Wildman–Crippen MR) is 83.7 cm³/mol. The van der Waals surface area contributed by atoms with Gasteiger partial charge in [0.15, 0.2) is 0 Å². The van der Waals surface area contributed by atoms with Gasteiger partial charge in [0, 0.05) is 0 Å². The molecule has 0 saturated heterocycles. The van der Waals surface area contributed by atoms with E-state index >= 15 is 0 Å². The van der Waals surface area contributed by atoms with Crippen LogP contribution in [0.5, 0.6) is 0 Å². The first kappa shape index (κ1) is 14.6. The van der Waals surface area contributed by atoms with Gasteiger partial charge in [-0.05, 0) is 76.1 Å². The van der Waals surface area contributed by atoms with Crippen molar-refractivity contribution in [3.05, 3.63) is 34.9 Å². The molecule has 1 aliphatic carbocycles. The van der Waals surface area contributed by atoms with Gasteiger partial charge < -0.3 is 5.32 Å². The number of aryl methyl sites for hydroxylation is 3. The van der Waals surface area contributed by atoms with Gasteiger partial charge >= 0.3 is 0 Å². The smallest absolute Gasteiger partial charge is 0.00466 e. The molecule has 0 radical (unpaired) electrons. The second-order valence-corrected chi connectivity index (χ2v) is 6.49. The van der Waals surface area contributed by atoms with Gasteiger partial charge in [0.05, 0.1) is 0 Å². The lowest BCUT2D eigenvalue weighted by atomic mass is 9.77. The topological polar surface area (TPSA) is 12.0 Å². The summed E-state index contributed by atoms with van der Waals surface area (Å²) >= 11 is 0. The Morgan fingerprint density at radius 2 is 1.84 bits per heavy atom. The number of rotatable bonds is 6. The summed E-state index contributed by atoms with van der Waals surface area (Å²) in [6.45, 7) is 5.62. The highest BCUT2D eigenvalue weighted by Crippen LogP contribution is 2.44. The van der Waals surface area contributed by atoms with Gasteiger partial charge in [-0.25, -0.2) is 0 Å². The van der Waals surface area contributed by atoms with Crippen LogP contribution in [0.15, 0.2) is 18.2 Å². The van der Waals surface area contributed by atoms with Crippen LogP contribution in [-0.4, -0.2) is 13.6 Å². The van der Waals surface area contributed by atoms with E-state index in [4.69, 9.17) is 0 Å². The molecule has 1 nitrogen and oxygen atoms in total. The van der Waals surface area contributed by atoms with Crippen molar-refractivity contribution in [3.63, 3.8) is 0 Å². The average Bonchev–Trinajstić information content (AvgIpc) is 2.85. The Bertz CT molecular complexity index is 402.